The van der Waals surface area contributed by atoms with E-state index in [0.717, 1.165) is 24.8 Å². The Bertz CT molecular complexity index is 611. The van der Waals surface area contributed by atoms with Crippen LogP contribution < -0.4 is 10.5 Å². The number of hydrogen-bond donors (Lipinski definition) is 2. The van der Waals surface area contributed by atoms with Gasteiger partial charge in [0.2, 0.25) is 10.0 Å². The molecule has 6 heteroatoms. The van der Waals surface area contributed by atoms with Gasteiger partial charge in [0.05, 0.1) is 17.0 Å². The van der Waals surface area contributed by atoms with Crippen molar-refractivity contribution in [2.45, 2.75) is 49.3 Å². The summed E-state index contributed by atoms with van der Waals surface area (Å²) in [6.45, 7) is 2.47. The van der Waals surface area contributed by atoms with Crippen molar-refractivity contribution in [1.82, 2.24) is 4.72 Å². The summed E-state index contributed by atoms with van der Waals surface area (Å²) in [4.78, 5) is 0.277. The summed E-state index contributed by atoms with van der Waals surface area (Å²) in [5.74, 6) is 0.524. The third kappa shape index (κ3) is 3.29. The molecule has 2 aliphatic rings. The van der Waals surface area contributed by atoms with Crippen molar-refractivity contribution in [3.8, 4) is 0 Å². The summed E-state index contributed by atoms with van der Waals surface area (Å²) in [6.07, 6.45) is 3.07. The highest BCUT2D eigenvalue weighted by molar-refractivity contribution is 7.89. The fraction of sp³-hybridized carbons (Fsp3) is 0.600. The average Bonchev–Trinajstić information content (AvgIpc) is 3.19. The highest BCUT2D eigenvalue weighted by Crippen LogP contribution is 2.39. The lowest BCUT2D eigenvalue weighted by molar-refractivity contribution is 0.0848. The van der Waals surface area contributed by atoms with Crippen LogP contribution in [0.1, 0.15) is 37.8 Å². The molecule has 21 heavy (non-hydrogen) atoms. The zero-order chi connectivity index (χ0) is 15.0. The van der Waals surface area contributed by atoms with E-state index >= 15 is 0 Å². The van der Waals surface area contributed by atoms with Crippen molar-refractivity contribution in [3.05, 3.63) is 29.8 Å². The van der Waals surface area contributed by atoms with Crippen molar-refractivity contribution in [2.24, 2.45) is 11.7 Å². The Morgan fingerprint density at radius 3 is 2.76 bits per heavy atom. The molecular formula is C15H22N2O3S. The van der Waals surface area contributed by atoms with Gasteiger partial charge in [-0.15, -0.1) is 0 Å². The molecule has 1 aromatic rings. The normalized spacial score (nSPS) is 27.7. The zero-order valence-electron chi connectivity index (χ0n) is 12.2. The Hall–Kier alpha value is -0.950. The molecule has 5 nitrogen and oxygen atoms in total. The van der Waals surface area contributed by atoms with E-state index in [9.17, 15) is 8.42 Å². The SMILES string of the molecule is CC(N)c1cccc(S(=O)(=O)NC2CCOC2C2CC2)c1. The topological polar surface area (TPSA) is 81.4 Å². The lowest BCUT2D eigenvalue weighted by Gasteiger charge is -2.19. The Balaban J connectivity index is 1.78. The largest absolute Gasteiger partial charge is 0.376 e. The molecule has 0 aromatic heterocycles. The maximum atomic E-state index is 12.5. The molecule has 1 saturated carbocycles. The van der Waals surface area contributed by atoms with E-state index in [1.807, 2.05) is 13.0 Å². The Kier molecular flexibility index (Phi) is 4.05. The highest BCUT2D eigenvalue weighted by atomic mass is 32.2. The van der Waals surface area contributed by atoms with E-state index < -0.39 is 10.0 Å². The molecule has 1 aromatic carbocycles. The number of benzene rings is 1. The molecule has 3 unspecified atom stereocenters. The third-order valence-corrected chi connectivity index (χ3v) is 5.71. The number of rotatable bonds is 5. The second kappa shape index (κ2) is 5.68. The first kappa shape index (κ1) is 15.0. The minimum atomic E-state index is -3.52. The quantitative estimate of drug-likeness (QED) is 0.864. The third-order valence-electron chi connectivity index (χ3n) is 4.22. The highest BCUT2D eigenvalue weighted by Gasteiger charge is 2.42. The predicted octanol–water partition coefficient (Wildman–Crippen LogP) is 1.55. The maximum Gasteiger partial charge on any atom is 0.240 e. The lowest BCUT2D eigenvalue weighted by atomic mass is 10.1. The Morgan fingerprint density at radius 1 is 1.33 bits per heavy atom. The summed E-state index contributed by atoms with van der Waals surface area (Å²) >= 11 is 0. The first-order valence-corrected chi connectivity index (χ1v) is 8.95. The van der Waals surface area contributed by atoms with Gasteiger partial charge in [-0.1, -0.05) is 12.1 Å². The molecule has 116 valence electrons. The minimum Gasteiger partial charge on any atom is -0.376 e. The van der Waals surface area contributed by atoms with Crippen molar-refractivity contribution < 1.29 is 13.2 Å². The van der Waals surface area contributed by atoms with Gasteiger partial charge in [-0.25, -0.2) is 13.1 Å². The van der Waals surface area contributed by atoms with Gasteiger partial charge >= 0.3 is 0 Å². The van der Waals surface area contributed by atoms with Gasteiger partial charge < -0.3 is 10.5 Å². The standard InChI is InChI=1S/C15H22N2O3S/c1-10(16)12-3-2-4-13(9-12)21(18,19)17-14-7-8-20-15(14)11-5-6-11/h2-4,9-11,14-15,17H,5-8,16H2,1H3. The van der Waals surface area contributed by atoms with E-state index in [-0.39, 0.29) is 23.1 Å². The zero-order valence-corrected chi connectivity index (χ0v) is 13.0. The van der Waals surface area contributed by atoms with E-state index in [0.29, 0.717) is 12.5 Å². The second-order valence-corrected chi connectivity index (χ2v) is 7.76. The van der Waals surface area contributed by atoms with E-state index in [4.69, 9.17) is 10.5 Å². The van der Waals surface area contributed by atoms with E-state index in [1.165, 1.54) is 0 Å². The van der Waals surface area contributed by atoms with Crippen LogP contribution in [0.3, 0.4) is 0 Å². The molecule has 0 amide bonds. The molecule has 2 fully saturated rings. The van der Waals surface area contributed by atoms with Gasteiger partial charge in [-0.05, 0) is 49.8 Å². The molecule has 3 atom stereocenters. The van der Waals surface area contributed by atoms with Gasteiger partial charge in [0.15, 0.2) is 0 Å². The summed E-state index contributed by atoms with van der Waals surface area (Å²) < 4.78 is 33.6. The van der Waals surface area contributed by atoms with Crippen LogP contribution in [-0.4, -0.2) is 27.2 Å². The molecule has 1 heterocycles. The lowest BCUT2D eigenvalue weighted by Crippen LogP contribution is -2.41. The van der Waals surface area contributed by atoms with Crippen LogP contribution in [0.25, 0.3) is 0 Å². The number of ether oxygens (including phenoxy) is 1. The number of sulfonamides is 1. The molecule has 1 aliphatic carbocycles. The van der Waals surface area contributed by atoms with Gasteiger partial charge in [0.1, 0.15) is 0 Å². The van der Waals surface area contributed by atoms with Crippen molar-refractivity contribution in [3.63, 3.8) is 0 Å². The Labute approximate surface area is 125 Å². The summed E-state index contributed by atoms with van der Waals surface area (Å²) in [5.41, 5.74) is 6.64. The molecule has 0 spiro atoms. The monoisotopic (exact) mass is 310 g/mol. The van der Waals surface area contributed by atoms with Gasteiger partial charge in [-0.2, -0.15) is 0 Å². The molecule has 3 N–H and O–H groups in total. The van der Waals surface area contributed by atoms with Gasteiger partial charge in [0, 0.05) is 12.6 Å². The van der Waals surface area contributed by atoms with Crippen LogP contribution in [-0.2, 0) is 14.8 Å². The number of nitrogens with two attached hydrogens (primary N) is 1. The smallest absolute Gasteiger partial charge is 0.240 e. The molecular weight excluding hydrogens is 288 g/mol. The van der Waals surface area contributed by atoms with Crippen molar-refractivity contribution in [2.75, 3.05) is 6.61 Å². The molecule has 1 aliphatic heterocycles. The van der Waals surface area contributed by atoms with Crippen molar-refractivity contribution >= 4 is 10.0 Å². The molecule has 3 rings (SSSR count). The first-order valence-electron chi connectivity index (χ1n) is 7.47. The average molecular weight is 310 g/mol. The van der Waals surface area contributed by atoms with Gasteiger partial charge in [-0.3, -0.25) is 0 Å². The van der Waals surface area contributed by atoms with Crippen LogP contribution in [0.4, 0.5) is 0 Å². The summed E-state index contributed by atoms with van der Waals surface area (Å²) in [5, 5.41) is 0. The van der Waals surface area contributed by atoms with Crippen LogP contribution in [0.15, 0.2) is 29.2 Å². The number of hydrogen-bond acceptors (Lipinski definition) is 4. The minimum absolute atomic E-state index is 0.0383. The molecule has 0 radical (unpaired) electrons. The number of nitrogens with one attached hydrogen (secondary N) is 1. The van der Waals surface area contributed by atoms with Gasteiger partial charge in [0.25, 0.3) is 0 Å². The van der Waals surface area contributed by atoms with Crippen LogP contribution in [0, 0.1) is 5.92 Å². The van der Waals surface area contributed by atoms with E-state index in [2.05, 4.69) is 4.72 Å². The summed E-state index contributed by atoms with van der Waals surface area (Å²) in [6, 6.07) is 6.53. The fourth-order valence-electron chi connectivity index (χ4n) is 2.86. The van der Waals surface area contributed by atoms with Crippen LogP contribution >= 0.6 is 0 Å². The predicted molar refractivity (Wildman–Crippen MR) is 80.2 cm³/mol. The second-order valence-electron chi connectivity index (χ2n) is 6.05. The maximum absolute atomic E-state index is 12.5. The van der Waals surface area contributed by atoms with E-state index in [1.54, 1.807) is 18.2 Å². The fourth-order valence-corrected chi connectivity index (χ4v) is 4.19. The van der Waals surface area contributed by atoms with Crippen LogP contribution in [0.2, 0.25) is 0 Å². The molecule has 1 saturated heterocycles. The first-order chi connectivity index (χ1) is 9.97. The van der Waals surface area contributed by atoms with Crippen molar-refractivity contribution in [1.29, 1.82) is 0 Å². The molecule has 0 bridgehead atoms. The van der Waals surface area contributed by atoms with Crippen LogP contribution in [0.5, 0.6) is 0 Å². The summed E-state index contributed by atoms with van der Waals surface area (Å²) in [7, 11) is -3.52. The Morgan fingerprint density at radius 2 is 2.10 bits per heavy atom.